The van der Waals surface area contributed by atoms with E-state index in [0.29, 0.717) is 30.3 Å². The highest BCUT2D eigenvalue weighted by molar-refractivity contribution is 6.06. The zero-order chi connectivity index (χ0) is 19.6. The molecule has 0 spiro atoms. The summed E-state index contributed by atoms with van der Waals surface area (Å²) in [6.45, 7) is 5.34. The maximum atomic E-state index is 13.0. The number of hydrogen-bond donors (Lipinski definition) is 1. The topological polar surface area (TPSA) is 63.3 Å². The van der Waals surface area contributed by atoms with Gasteiger partial charge in [0.25, 0.3) is 5.91 Å². The highest BCUT2D eigenvalue weighted by atomic mass is 16.7. The molecule has 2 aromatic carbocycles. The third-order valence-electron chi connectivity index (χ3n) is 5.69. The fourth-order valence-electron chi connectivity index (χ4n) is 4.11. The monoisotopic (exact) mass is 395 g/mol. The van der Waals surface area contributed by atoms with E-state index >= 15 is 0 Å². The number of ether oxygens (including phenoxy) is 3. The predicted octanol–water partition coefficient (Wildman–Crippen LogP) is 3.10. The summed E-state index contributed by atoms with van der Waals surface area (Å²) in [5, 5.41) is 3.13. The largest absolute Gasteiger partial charge is 0.454 e. The van der Waals surface area contributed by atoms with E-state index in [-0.39, 0.29) is 12.7 Å². The Morgan fingerprint density at radius 2 is 1.66 bits per heavy atom. The zero-order valence-corrected chi connectivity index (χ0v) is 16.4. The summed E-state index contributed by atoms with van der Waals surface area (Å²) >= 11 is 0. The maximum absolute atomic E-state index is 13.0. The second kappa shape index (κ2) is 7.83. The predicted molar refractivity (Wildman–Crippen MR) is 111 cm³/mol. The number of fused-ring (bicyclic) bond motifs is 1. The van der Waals surface area contributed by atoms with E-state index < -0.39 is 0 Å². The summed E-state index contributed by atoms with van der Waals surface area (Å²) in [4.78, 5) is 17.7. The number of amides is 1. The number of anilines is 3. The molecule has 0 bridgehead atoms. The minimum atomic E-state index is -0.156. The van der Waals surface area contributed by atoms with Gasteiger partial charge in [-0.1, -0.05) is 0 Å². The first-order valence-corrected chi connectivity index (χ1v) is 10.2. The van der Waals surface area contributed by atoms with Crippen molar-refractivity contribution in [3.8, 4) is 11.5 Å². The normalized spacial score (nSPS) is 18.2. The molecular weight excluding hydrogens is 370 g/mol. The van der Waals surface area contributed by atoms with E-state index in [9.17, 15) is 4.79 Å². The molecule has 7 heteroatoms. The van der Waals surface area contributed by atoms with Gasteiger partial charge in [-0.25, -0.2) is 0 Å². The van der Waals surface area contributed by atoms with Gasteiger partial charge in [0, 0.05) is 37.4 Å². The fourth-order valence-corrected chi connectivity index (χ4v) is 4.11. The van der Waals surface area contributed by atoms with Crippen LogP contribution in [0.5, 0.6) is 11.5 Å². The SMILES string of the molecule is O=C(Nc1cc(N2CCCC2)ccc1N1CCOCC1)c1ccc2c(c1)OCO2. The molecule has 2 aromatic rings. The van der Waals surface area contributed by atoms with Crippen LogP contribution in [0.25, 0.3) is 0 Å². The van der Waals surface area contributed by atoms with Gasteiger partial charge in [0.15, 0.2) is 11.5 Å². The third-order valence-corrected chi connectivity index (χ3v) is 5.69. The summed E-state index contributed by atoms with van der Waals surface area (Å²) < 4.78 is 16.3. The number of nitrogens with one attached hydrogen (secondary N) is 1. The quantitative estimate of drug-likeness (QED) is 0.858. The lowest BCUT2D eigenvalue weighted by atomic mass is 10.1. The van der Waals surface area contributed by atoms with Gasteiger partial charge in [-0.3, -0.25) is 4.79 Å². The van der Waals surface area contributed by atoms with Crippen LogP contribution < -0.4 is 24.6 Å². The number of rotatable bonds is 4. The van der Waals surface area contributed by atoms with Crippen LogP contribution in [0.2, 0.25) is 0 Å². The molecule has 0 atom stereocenters. The van der Waals surface area contributed by atoms with Crippen molar-refractivity contribution in [2.45, 2.75) is 12.8 Å². The Bertz CT molecular complexity index is 905. The van der Waals surface area contributed by atoms with Crippen molar-refractivity contribution >= 4 is 23.0 Å². The van der Waals surface area contributed by atoms with E-state index in [1.54, 1.807) is 18.2 Å². The molecule has 2 saturated heterocycles. The van der Waals surface area contributed by atoms with Crippen molar-refractivity contribution in [2.75, 3.05) is 61.3 Å². The molecule has 1 amide bonds. The fraction of sp³-hybridized carbons (Fsp3) is 0.409. The zero-order valence-electron chi connectivity index (χ0n) is 16.4. The molecule has 2 fully saturated rings. The van der Waals surface area contributed by atoms with Gasteiger partial charge < -0.3 is 29.3 Å². The molecule has 0 aliphatic carbocycles. The van der Waals surface area contributed by atoms with Gasteiger partial charge in [0.1, 0.15) is 0 Å². The Kier molecular flexibility index (Phi) is 4.89. The van der Waals surface area contributed by atoms with Crippen LogP contribution in [0.1, 0.15) is 23.2 Å². The smallest absolute Gasteiger partial charge is 0.255 e. The van der Waals surface area contributed by atoms with Gasteiger partial charge in [0.05, 0.1) is 24.6 Å². The standard InChI is InChI=1S/C22H25N3O4/c26-22(16-3-6-20-21(13-16)29-15-28-20)23-18-14-17(24-7-1-2-8-24)4-5-19(18)25-9-11-27-12-10-25/h3-6,13-14H,1-2,7-12,15H2,(H,23,26). The Morgan fingerprint density at radius 3 is 2.48 bits per heavy atom. The molecule has 152 valence electrons. The molecule has 0 unspecified atom stereocenters. The molecule has 7 nitrogen and oxygen atoms in total. The van der Waals surface area contributed by atoms with Crippen molar-refractivity contribution in [1.82, 2.24) is 0 Å². The Balaban J connectivity index is 1.44. The van der Waals surface area contributed by atoms with E-state index in [4.69, 9.17) is 14.2 Å². The minimum Gasteiger partial charge on any atom is -0.454 e. The molecule has 0 aromatic heterocycles. The average molecular weight is 395 g/mol. The van der Waals surface area contributed by atoms with Gasteiger partial charge in [-0.2, -0.15) is 0 Å². The van der Waals surface area contributed by atoms with Gasteiger partial charge in [-0.05, 0) is 49.2 Å². The van der Waals surface area contributed by atoms with Crippen LogP contribution in [-0.4, -0.2) is 52.1 Å². The van der Waals surface area contributed by atoms with E-state index in [0.717, 1.165) is 43.2 Å². The van der Waals surface area contributed by atoms with E-state index in [2.05, 4.69) is 33.3 Å². The first kappa shape index (κ1) is 18.1. The lowest BCUT2D eigenvalue weighted by molar-refractivity contribution is 0.102. The number of benzene rings is 2. The van der Waals surface area contributed by atoms with Gasteiger partial charge >= 0.3 is 0 Å². The van der Waals surface area contributed by atoms with Crippen molar-refractivity contribution in [3.63, 3.8) is 0 Å². The van der Waals surface area contributed by atoms with Crippen molar-refractivity contribution < 1.29 is 19.0 Å². The van der Waals surface area contributed by atoms with Gasteiger partial charge in [-0.15, -0.1) is 0 Å². The van der Waals surface area contributed by atoms with Crippen LogP contribution in [-0.2, 0) is 4.74 Å². The van der Waals surface area contributed by atoms with Crippen LogP contribution in [0.4, 0.5) is 17.1 Å². The summed E-state index contributed by atoms with van der Waals surface area (Å²) in [5.74, 6) is 1.12. The molecule has 3 aliphatic rings. The van der Waals surface area contributed by atoms with Crippen molar-refractivity contribution in [2.24, 2.45) is 0 Å². The number of morpholine rings is 1. The average Bonchev–Trinajstić information content (AvgIpc) is 3.46. The third kappa shape index (κ3) is 3.70. The molecule has 3 aliphatic heterocycles. The minimum absolute atomic E-state index is 0.156. The second-order valence-corrected chi connectivity index (χ2v) is 7.52. The Labute approximate surface area is 170 Å². The highest BCUT2D eigenvalue weighted by Gasteiger charge is 2.21. The van der Waals surface area contributed by atoms with Crippen LogP contribution in [0, 0.1) is 0 Å². The first-order chi connectivity index (χ1) is 14.3. The van der Waals surface area contributed by atoms with Crippen LogP contribution in [0.3, 0.4) is 0 Å². The number of carbonyl (C=O) groups is 1. The molecule has 1 N–H and O–H groups in total. The van der Waals surface area contributed by atoms with Crippen LogP contribution in [0.15, 0.2) is 36.4 Å². The number of hydrogen-bond acceptors (Lipinski definition) is 6. The summed E-state index contributed by atoms with van der Waals surface area (Å²) in [6.07, 6.45) is 2.42. The molecule has 0 radical (unpaired) electrons. The summed E-state index contributed by atoms with van der Waals surface area (Å²) in [7, 11) is 0. The van der Waals surface area contributed by atoms with E-state index in [1.165, 1.54) is 12.8 Å². The number of nitrogens with zero attached hydrogens (tertiary/aromatic N) is 2. The molecule has 0 saturated carbocycles. The van der Waals surface area contributed by atoms with Crippen LogP contribution >= 0.6 is 0 Å². The van der Waals surface area contributed by atoms with E-state index in [1.807, 2.05) is 0 Å². The highest BCUT2D eigenvalue weighted by Crippen LogP contribution is 2.35. The lowest BCUT2D eigenvalue weighted by Gasteiger charge is -2.31. The maximum Gasteiger partial charge on any atom is 0.255 e. The first-order valence-electron chi connectivity index (χ1n) is 10.2. The van der Waals surface area contributed by atoms with Crippen molar-refractivity contribution in [1.29, 1.82) is 0 Å². The number of carbonyl (C=O) groups excluding carboxylic acids is 1. The summed E-state index contributed by atoms with van der Waals surface area (Å²) in [6, 6.07) is 11.7. The van der Waals surface area contributed by atoms with Crippen molar-refractivity contribution in [3.05, 3.63) is 42.0 Å². The Hall–Kier alpha value is -2.93. The van der Waals surface area contributed by atoms with Gasteiger partial charge in [0.2, 0.25) is 6.79 Å². The lowest BCUT2D eigenvalue weighted by Crippen LogP contribution is -2.36. The Morgan fingerprint density at radius 1 is 0.862 bits per heavy atom. The second-order valence-electron chi connectivity index (χ2n) is 7.52. The molecule has 3 heterocycles. The summed E-state index contributed by atoms with van der Waals surface area (Å²) in [5.41, 5.74) is 3.57. The molecule has 29 heavy (non-hydrogen) atoms. The molecular formula is C22H25N3O4. The molecule has 5 rings (SSSR count).